The lowest BCUT2D eigenvalue weighted by molar-refractivity contribution is -0.118. The van der Waals surface area contributed by atoms with Gasteiger partial charge in [0.2, 0.25) is 0 Å². The number of aryl methyl sites for hydroxylation is 1. The van der Waals surface area contributed by atoms with Crippen LogP contribution in [0.25, 0.3) is 0 Å². The number of benzene rings is 3. The predicted molar refractivity (Wildman–Crippen MR) is 116 cm³/mol. The molecule has 0 aliphatic rings. The number of amides is 1. The molecule has 0 radical (unpaired) electrons. The Morgan fingerprint density at radius 1 is 0.967 bits per heavy atom. The van der Waals surface area contributed by atoms with Crippen molar-refractivity contribution in [1.82, 2.24) is 4.83 Å². The third-order valence-electron chi connectivity index (χ3n) is 4.03. The first-order chi connectivity index (χ1) is 14.4. The highest BCUT2D eigenvalue weighted by Crippen LogP contribution is 2.12. The van der Waals surface area contributed by atoms with E-state index in [1.807, 2.05) is 31.2 Å². The van der Waals surface area contributed by atoms with Crippen molar-refractivity contribution in [3.8, 4) is 5.75 Å². The Morgan fingerprint density at radius 2 is 1.63 bits per heavy atom. The number of ether oxygens (including phenoxy) is 1. The number of nitrogens with one attached hydrogen (secondary N) is 2. The fourth-order valence-electron chi connectivity index (χ4n) is 2.46. The maximum absolute atomic E-state index is 12.1. The summed E-state index contributed by atoms with van der Waals surface area (Å²) >= 11 is 0. The predicted octanol–water partition coefficient (Wildman–Crippen LogP) is 3.32. The van der Waals surface area contributed by atoms with Gasteiger partial charge >= 0.3 is 0 Å². The van der Waals surface area contributed by atoms with Crippen LogP contribution in [0.2, 0.25) is 0 Å². The van der Waals surface area contributed by atoms with Crippen molar-refractivity contribution in [3.63, 3.8) is 0 Å². The Balaban J connectivity index is 1.49. The van der Waals surface area contributed by atoms with E-state index in [0.717, 1.165) is 5.56 Å². The maximum atomic E-state index is 12.1. The Bertz CT molecular complexity index is 1110. The average Bonchev–Trinajstić information content (AvgIpc) is 2.75. The third kappa shape index (κ3) is 6.18. The molecule has 2 N–H and O–H groups in total. The van der Waals surface area contributed by atoms with E-state index in [1.54, 1.807) is 42.5 Å². The summed E-state index contributed by atoms with van der Waals surface area (Å²) in [6.45, 7) is 1.85. The summed E-state index contributed by atoms with van der Waals surface area (Å²) in [5.74, 6) is 0.246. The lowest BCUT2D eigenvalue weighted by Crippen LogP contribution is -2.20. The molecule has 1 amide bonds. The van der Waals surface area contributed by atoms with E-state index in [1.165, 1.54) is 18.3 Å². The Kier molecular flexibility index (Phi) is 6.82. The summed E-state index contributed by atoms with van der Waals surface area (Å²) < 4.78 is 29.6. The second-order valence-corrected chi connectivity index (χ2v) is 8.10. The third-order valence-corrected chi connectivity index (χ3v) is 5.26. The summed E-state index contributed by atoms with van der Waals surface area (Å²) in [5, 5.41) is 6.53. The zero-order valence-corrected chi connectivity index (χ0v) is 17.1. The van der Waals surface area contributed by atoms with E-state index in [-0.39, 0.29) is 17.4 Å². The van der Waals surface area contributed by atoms with E-state index < -0.39 is 10.0 Å². The van der Waals surface area contributed by atoms with Crippen molar-refractivity contribution in [2.75, 3.05) is 11.9 Å². The van der Waals surface area contributed by atoms with Gasteiger partial charge in [-0.15, -0.1) is 0 Å². The van der Waals surface area contributed by atoms with E-state index >= 15 is 0 Å². The molecule has 3 rings (SSSR count). The van der Waals surface area contributed by atoms with Gasteiger partial charge in [-0.2, -0.15) is 13.5 Å². The number of sulfonamides is 1. The first kappa shape index (κ1) is 21.1. The molecule has 0 saturated carbocycles. The van der Waals surface area contributed by atoms with Crippen LogP contribution in [-0.4, -0.2) is 27.1 Å². The number of anilines is 1. The zero-order chi connectivity index (χ0) is 21.4. The summed E-state index contributed by atoms with van der Waals surface area (Å²) in [4.78, 5) is 14.3. The summed E-state index contributed by atoms with van der Waals surface area (Å²) in [6, 6.07) is 22.2. The van der Waals surface area contributed by atoms with E-state index in [9.17, 15) is 13.2 Å². The molecular formula is C22H21N3O4S. The van der Waals surface area contributed by atoms with Crippen LogP contribution in [0, 0.1) is 6.92 Å². The van der Waals surface area contributed by atoms with Gasteiger partial charge < -0.3 is 10.1 Å². The quantitative estimate of drug-likeness (QED) is 0.429. The maximum Gasteiger partial charge on any atom is 0.276 e. The van der Waals surface area contributed by atoms with Crippen LogP contribution in [0.1, 0.15) is 11.1 Å². The van der Waals surface area contributed by atoms with Gasteiger partial charge in [-0.1, -0.05) is 35.9 Å². The number of nitrogens with zero attached hydrogens (tertiary/aromatic N) is 1. The highest BCUT2D eigenvalue weighted by molar-refractivity contribution is 7.89. The van der Waals surface area contributed by atoms with Gasteiger partial charge in [0, 0.05) is 5.69 Å². The van der Waals surface area contributed by atoms with Gasteiger partial charge in [0.1, 0.15) is 5.75 Å². The van der Waals surface area contributed by atoms with E-state index in [2.05, 4.69) is 15.2 Å². The molecule has 0 aliphatic carbocycles. The molecule has 154 valence electrons. The topological polar surface area (TPSA) is 96.9 Å². The molecule has 0 aliphatic heterocycles. The number of hydrazone groups is 1. The molecule has 8 heteroatoms. The number of carbonyl (C=O) groups excluding carboxylic acids is 1. The van der Waals surface area contributed by atoms with Crippen molar-refractivity contribution >= 4 is 27.8 Å². The van der Waals surface area contributed by atoms with Crippen molar-refractivity contribution in [2.24, 2.45) is 5.10 Å². The molecule has 0 atom stereocenters. The molecule has 0 saturated heterocycles. The standard InChI is InChI=1S/C22H21N3O4S/c1-17-7-11-19(12-8-17)24-22(26)16-29-20-13-9-18(10-14-20)15-23-25-30(27,28)21-5-3-2-4-6-21/h2-15,25H,16H2,1H3,(H,24,26)/b23-15-. The van der Waals surface area contributed by atoms with Crippen LogP contribution in [-0.2, 0) is 14.8 Å². The molecule has 3 aromatic rings. The minimum atomic E-state index is -3.70. The van der Waals surface area contributed by atoms with Crippen LogP contribution < -0.4 is 14.9 Å². The molecule has 0 bridgehead atoms. The van der Waals surface area contributed by atoms with Crippen molar-refractivity contribution in [3.05, 3.63) is 90.0 Å². The average molecular weight is 423 g/mol. The van der Waals surface area contributed by atoms with Crippen LogP contribution in [0.4, 0.5) is 5.69 Å². The summed E-state index contributed by atoms with van der Waals surface area (Å²) in [7, 11) is -3.70. The lowest BCUT2D eigenvalue weighted by Gasteiger charge is -2.08. The van der Waals surface area contributed by atoms with Crippen LogP contribution in [0.5, 0.6) is 5.75 Å². The van der Waals surface area contributed by atoms with Gasteiger partial charge in [0.25, 0.3) is 15.9 Å². The zero-order valence-electron chi connectivity index (χ0n) is 16.3. The van der Waals surface area contributed by atoms with Crippen LogP contribution >= 0.6 is 0 Å². The van der Waals surface area contributed by atoms with Crippen molar-refractivity contribution < 1.29 is 17.9 Å². The minimum Gasteiger partial charge on any atom is -0.484 e. The van der Waals surface area contributed by atoms with Crippen LogP contribution in [0.15, 0.2) is 88.9 Å². The lowest BCUT2D eigenvalue weighted by atomic mass is 10.2. The molecular weight excluding hydrogens is 402 g/mol. The van der Waals surface area contributed by atoms with Crippen LogP contribution in [0.3, 0.4) is 0 Å². The van der Waals surface area contributed by atoms with E-state index in [4.69, 9.17) is 4.74 Å². The summed E-state index contributed by atoms with van der Waals surface area (Å²) in [6.07, 6.45) is 1.38. The molecule has 0 fully saturated rings. The van der Waals surface area contributed by atoms with E-state index in [0.29, 0.717) is 17.0 Å². The molecule has 0 heterocycles. The summed E-state index contributed by atoms with van der Waals surface area (Å²) in [5.41, 5.74) is 2.49. The molecule has 0 spiro atoms. The number of rotatable bonds is 8. The second kappa shape index (κ2) is 9.71. The first-order valence-electron chi connectivity index (χ1n) is 9.12. The van der Waals surface area contributed by atoms with Crippen molar-refractivity contribution in [2.45, 2.75) is 11.8 Å². The fourth-order valence-corrected chi connectivity index (χ4v) is 3.27. The van der Waals surface area contributed by atoms with Gasteiger partial charge in [0.05, 0.1) is 11.1 Å². The van der Waals surface area contributed by atoms with Gasteiger partial charge in [0.15, 0.2) is 6.61 Å². The smallest absolute Gasteiger partial charge is 0.276 e. The number of hydrogen-bond donors (Lipinski definition) is 2. The molecule has 7 nitrogen and oxygen atoms in total. The molecule has 0 unspecified atom stereocenters. The monoisotopic (exact) mass is 423 g/mol. The Hall–Kier alpha value is -3.65. The Labute approximate surface area is 175 Å². The van der Waals surface area contributed by atoms with Crippen molar-refractivity contribution in [1.29, 1.82) is 0 Å². The SMILES string of the molecule is Cc1ccc(NC(=O)COc2ccc(/C=N\NS(=O)(=O)c3ccccc3)cc2)cc1. The highest BCUT2D eigenvalue weighted by Gasteiger charge is 2.11. The minimum absolute atomic E-state index is 0.127. The van der Waals surface area contributed by atoms with Gasteiger partial charge in [-0.05, 0) is 61.0 Å². The normalized spacial score (nSPS) is 11.2. The first-order valence-corrected chi connectivity index (χ1v) is 10.6. The fraction of sp³-hybridized carbons (Fsp3) is 0.0909. The molecule has 3 aromatic carbocycles. The number of carbonyl (C=O) groups is 1. The van der Waals surface area contributed by atoms with Gasteiger partial charge in [-0.3, -0.25) is 4.79 Å². The highest BCUT2D eigenvalue weighted by atomic mass is 32.2. The number of hydrogen-bond acceptors (Lipinski definition) is 5. The van der Waals surface area contributed by atoms with Gasteiger partial charge in [-0.25, -0.2) is 4.83 Å². The largest absolute Gasteiger partial charge is 0.484 e. The second-order valence-electron chi connectivity index (χ2n) is 6.44. The molecule has 30 heavy (non-hydrogen) atoms. The Morgan fingerprint density at radius 3 is 2.30 bits per heavy atom. The molecule has 0 aromatic heterocycles.